The molecule has 1 aromatic carbocycles. The number of aromatic nitrogens is 1. The lowest BCUT2D eigenvalue weighted by Crippen LogP contribution is -2.35. The standard InChI is InChI=1S/C19H18F2N4O4/c20-14-5-4-13(7-15(14)21)25-17(26)9-23-18(27)10-29-19(28)11-1-6-16(22-8-11)24-12-2-3-12/h1,4-8,12H,2-3,9-10H2,(H,22,24)(H,23,27)(H,25,26). The minimum absolute atomic E-state index is 0.0432. The zero-order valence-corrected chi connectivity index (χ0v) is 15.2. The summed E-state index contributed by atoms with van der Waals surface area (Å²) < 4.78 is 30.8. The van der Waals surface area contributed by atoms with E-state index >= 15 is 0 Å². The topological polar surface area (TPSA) is 109 Å². The third kappa shape index (κ3) is 6.23. The highest BCUT2D eigenvalue weighted by atomic mass is 19.2. The Kier molecular flexibility index (Phi) is 6.32. The van der Waals surface area contributed by atoms with Gasteiger partial charge in [0, 0.05) is 24.0 Å². The van der Waals surface area contributed by atoms with Crippen molar-refractivity contribution in [2.24, 2.45) is 0 Å². The summed E-state index contributed by atoms with van der Waals surface area (Å²) in [7, 11) is 0. The van der Waals surface area contributed by atoms with E-state index in [0.717, 1.165) is 25.0 Å². The van der Waals surface area contributed by atoms with Crippen LogP contribution in [0.15, 0.2) is 36.5 Å². The van der Waals surface area contributed by atoms with E-state index in [1.807, 2.05) is 0 Å². The normalized spacial score (nSPS) is 12.8. The average molecular weight is 404 g/mol. The first-order valence-electron chi connectivity index (χ1n) is 8.82. The van der Waals surface area contributed by atoms with E-state index in [1.165, 1.54) is 18.3 Å². The Morgan fingerprint density at radius 2 is 1.86 bits per heavy atom. The number of nitrogens with zero attached hydrogens (tertiary/aromatic N) is 1. The van der Waals surface area contributed by atoms with Crippen LogP contribution in [-0.2, 0) is 14.3 Å². The first kappa shape index (κ1) is 20.2. The Bertz CT molecular complexity index is 917. The molecule has 0 atom stereocenters. The maximum Gasteiger partial charge on any atom is 0.340 e. The molecular weight excluding hydrogens is 386 g/mol. The molecule has 1 aromatic heterocycles. The lowest BCUT2D eigenvalue weighted by atomic mass is 10.3. The number of carbonyl (C=O) groups excluding carboxylic acids is 3. The van der Waals surface area contributed by atoms with E-state index in [1.54, 1.807) is 6.07 Å². The van der Waals surface area contributed by atoms with Crippen LogP contribution in [0.25, 0.3) is 0 Å². The van der Waals surface area contributed by atoms with Gasteiger partial charge < -0.3 is 20.7 Å². The van der Waals surface area contributed by atoms with Crippen molar-refractivity contribution in [1.82, 2.24) is 10.3 Å². The molecule has 10 heteroatoms. The van der Waals surface area contributed by atoms with Crippen LogP contribution in [0.2, 0.25) is 0 Å². The first-order valence-corrected chi connectivity index (χ1v) is 8.82. The van der Waals surface area contributed by atoms with Crippen LogP contribution in [0.1, 0.15) is 23.2 Å². The number of ether oxygens (including phenoxy) is 1. The number of esters is 1. The molecule has 1 aliphatic rings. The van der Waals surface area contributed by atoms with Crippen molar-refractivity contribution >= 4 is 29.3 Å². The second-order valence-corrected chi connectivity index (χ2v) is 6.38. The third-order valence-corrected chi connectivity index (χ3v) is 3.91. The summed E-state index contributed by atoms with van der Waals surface area (Å²) in [6, 6.07) is 6.48. The molecule has 0 aliphatic heterocycles. The van der Waals surface area contributed by atoms with Crippen molar-refractivity contribution in [2.45, 2.75) is 18.9 Å². The van der Waals surface area contributed by atoms with E-state index in [4.69, 9.17) is 4.74 Å². The highest BCUT2D eigenvalue weighted by Gasteiger charge is 2.21. The summed E-state index contributed by atoms with van der Waals surface area (Å²) in [6.07, 6.45) is 3.54. The van der Waals surface area contributed by atoms with Gasteiger partial charge in [-0.3, -0.25) is 9.59 Å². The van der Waals surface area contributed by atoms with Gasteiger partial charge in [0.05, 0.1) is 12.1 Å². The molecule has 3 N–H and O–H groups in total. The molecule has 0 saturated heterocycles. The molecule has 1 saturated carbocycles. The Morgan fingerprint density at radius 1 is 1.07 bits per heavy atom. The largest absolute Gasteiger partial charge is 0.452 e. The molecule has 1 aliphatic carbocycles. The van der Waals surface area contributed by atoms with E-state index < -0.39 is 42.6 Å². The summed E-state index contributed by atoms with van der Waals surface area (Å²) in [5.41, 5.74) is 0.233. The van der Waals surface area contributed by atoms with E-state index in [9.17, 15) is 23.2 Å². The van der Waals surface area contributed by atoms with E-state index in [2.05, 4.69) is 20.9 Å². The first-order chi connectivity index (χ1) is 13.9. The van der Waals surface area contributed by atoms with Gasteiger partial charge in [-0.15, -0.1) is 0 Å². The Hall–Kier alpha value is -3.56. The van der Waals surface area contributed by atoms with Crippen molar-refractivity contribution in [3.8, 4) is 0 Å². The summed E-state index contributed by atoms with van der Waals surface area (Å²) in [6.45, 7) is -1.02. The Morgan fingerprint density at radius 3 is 2.52 bits per heavy atom. The number of hydrogen-bond donors (Lipinski definition) is 3. The molecule has 0 bridgehead atoms. The fourth-order valence-corrected chi connectivity index (χ4v) is 2.26. The van der Waals surface area contributed by atoms with Crippen LogP contribution in [0.5, 0.6) is 0 Å². The molecule has 29 heavy (non-hydrogen) atoms. The lowest BCUT2D eigenvalue weighted by Gasteiger charge is -2.08. The van der Waals surface area contributed by atoms with Gasteiger partial charge in [0.25, 0.3) is 5.91 Å². The van der Waals surface area contributed by atoms with Crippen molar-refractivity contribution in [1.29, 1.82) is 0 Å². The predicted octanol–water partition coefficient (Wildman–Crippen LogP) is 1.85. The molecule has 0 radical (unpaired) electrons. The van der Waals surface area contributed by atoms with Crippen LogP contribution >= 0.6 is 0 Å². The number of pyridine rings is 1. The van der Waals surface area contributed by atoms with Crippen molar-refractivity contribution in [3.63, 3.8) is 0 Å². The maximum atomic E-state index is 13.1. The second-order valence-electron chi connectivity index (χ2n) is 6.38. The van der Waals surface area contributed by atoms with Crippen LogP contribution in [0, 0.1) is 11.6 Å². The maximum absolute atomic E-state index is 13.1. The van der Waals surface area contributed by atoms with Crippen LogP contribution in [0.3, 0.4) is 0 Å². The number of rotatable bonds is 8. The summed E-state index contributed by atoms with van der Waals surface area (Å²) in [5, 5.41) is 7.73. The second kappa shape index (κ2) is 9.09. The monoisotopic (exact) mass is 404 g/mol. The average Bonchev–Trinajstić information content (AvgIpc) is 3.52. The fourth-order valence-electron chi connectivity index (χ4n) is 2.26. The highest BCUT2D eigenvalue weighted by Crippen LogP contribution is 2.23. The smallest absolute Gasteiger partial charge is 0.340 e. The van der Waals surface area contributed by atoms with Gasteiger partial charge >= 0.3 is 5.97 Å². The van der Waals surface area contributed by atoms with Crippen LogP contribution in [-0.4, -0.2) is 42.0 Å². The molecule has 2 aromatic rings. The van der Waals surface area contributed by atoms with Gasteiger partial charge in [0.15, 0.2) is 18.2 Å². The van der Waals surface area contributed by atoms with Gasteiger partial charge in [0.2, 0.25) is 5.91 Å². The van der Waals surface area contributed by atoms with Gasteiger partial charge in [0.1, 0.15) is 5.82 Å². The molecule has 152 valence electrons. The third-order valence-electron chi connectivity index (χ3n) is 3.91. The SMILES string of the molecule is O=C(COC(=O)c1ccc(NC2CC2)nc1)NCC(=O)Nc1ccc(F)c(F)c1. The Labute approximate surface area is 164 Å². The molecule has 0 spiro atoms. The van der Waals surface area contributed by atoms with Gasteiger partial charge in [-0.1, -0.05) is 0 Å². The molecule has 1 fully saturated rings. The number of hydrogen-bond acceptors (Lipinski definition) is 6. The Balaban J connectivity index is 1.37. The van der Waals surface area contributed by atoms with Crippen molar-refractivity contribution < 1.29 is 27.9 Å². The number of amides is 2. The molecule has 2 amide bonds. The minimum atomic E-state index is -1.11. The summed E-state index contributed by atoms with van der Waals surface area (Å²) in [4.78, 5) is 39.5. The van der Waals surface area contributed by atoms with Gasteiger partial charge in [-0.2, -0.15) is 0 Å². The van der Waals surface area contributed by atoms with Crippen LogP contribution in [0.4, 0.5) is 20.3 Å². The summed E-state index contributed by atoms with van der Waals surface area (Å²) >= 11 is 0. The quantitative estimate of drug-likeness (QED) is 0.580. The molecular formula is C19H18F2N4O4. The van der Waals surface area contributed by atoms with Crippen molar-refractivity contribution in [2.75, 3.05) is 23.8 Å². The molecule has 1 heterocycles. The number of anilines is 2. The molecule has 0 unspecified atom stereocenters. The van der Waals surface area contributed by atoms with Crippen molar-refractivity contribution in [3.05, 3.63) is 53.7 Å². The minimum Gasteiger partial charge on any atom is -0.452 e. The fraction of sp³-hybridized carbons (Fsp3) is 0.263. The van der Waals surface area contributed by atoms with E-state index in [-0.39, 0.29) is 11.3 Å². The number of benzene rings is 1. The number of carbonyl (C=O) groups is 3. The number of nitrogens with one attached hydrogen (secondary N) is 3. The molecule has 3 rings (SSSR count). The summed E-state index contributed by atoms with van der Waals surface area (Å²) in [5.74, 6) is -3.56. The number of halogens is 2. The van der Waals surface area contributed by atoms with Crippen LogP contribution < -0.4 is 16.0 Å². The lowest BCUT2D eigenvalue weighted by molar-refractivity contribution is -0.126. The molecule has 8 nitrogen and oxygen atoms in total. The highest BCUT2D eigenvalue weighted by molar-refractivity contribution is 5.95. The predicted molar refractivity (Wildman–Crippen MR) is 99.2 cm³/mol. The zero-order chi connectivity index (χ0) is 20.8. The van der Waals surface area contributed by atoms with Gasteiger partial charge in [-0.25, -0.2) is 18.6 Å². The van der Waals surface area contributed by atoms with Gasteiger partial charge in [-0.05, 0) is 37.1 Å². The zero-order valence-electron chi connectivity index (χ0n) is 15.2. The van der Waals surface area contributed by atoms with E-state index in [0.29, 0.717) is 11.9 Å².